The molecule has 0 fully saturated rings. The van der Waals surface area contributed by atoms with Crippen molar-refractivity contribution in [3.05, 3.63) is 78.0 Å². The summed E-state index contributed by atoms with van der Waals surface area (Å²) in [4.78, 5) is 32.7. The normalized spacial score (nSPS) is 16.5. The summed E-state index contributed by atoms with van der Waals surface area (Å²) in [6, 6.07) is 7.35. The van der Waals surface area contributed by atoms with Crippen molar-refractivity contribution in [1.82, 2.24) is 20.2 Å². The Labute approximate surface area is 203 Å². The maximum atomic E-state index is 13.2. The van der Waals surface area contributed by atoms with E-state index in [1.54, 1.807) is 17.4 Å². The van der Waals surface area contributed by atoms with E-state index >= 15 is 0 Å². The highest BCUT2D eigenvalue weighted by Gasteiger charge is 2.32. The Morgan fingerprint density at radius 2 is 2.15 bits per heavy atom. The summed E-state index contributed by atoms with van der Waals surface area (Å²) in [5.41, 5.74) is 1.82. The maximum absolute atomic E-state index is 13.2. The average Bonchev–Trinajstić information content (AvgIpc) is 3.54. The number of aromatic nitrogens is 2. The fourth-order valence-corrected chi connectivity index (χ4v) is 5.78. The van der Waals surface area contributed by atoms with Crippen molar-refractivity contribution in [3.8, 4) is 0 Å². The van der Waals surface area contributed by atoms with Crippen molar-refractivity contribution < 1.29 is 13.6 Å². The Balaban J connectivity index is 1.31. The number of nitrogens with zero attached hydrogens (tertiary/aromatic N) is 2. The van der Waals surface area contributed by atoms with E-state index in [0.29, 0.717) is 30.6 Å². The third-order valence-electron chi connectivity index (χ3n) is 6.08. The molecule has 2 aromatic heterocycles. The standard InChI is InChI=1S/C23H22ClF2N5O2S/c24-19-16-4-5-17(22(32)29-10-15-7-14-9-27-11-18(14)34-15)31(16)23(33)21(30-19)28-8-12-2-1-3-13(6-12)20(25)26/h1-3,6-7,17,20,27H,4-5,8-11H2,(H,28,30)(H,29,32)/t17-/m0/s1. The molecule has 0 aliphatic carbocycles. The number of rotatable bonds is 7. The molecule has 0 spiro atoms. The monoisotopic (exact) mass is 505 g/mol. The van der Waals surface area contributed by atoms with Crippen molar-refractivity contribution in [1.29, 1.82) is 0 Å². The van der Waals surface area contributed by atoms with Gasteiger partial charge in [0.2, 0.25) is 5.91 Å². The van der Waals surface area contributed by atoms with Crippen LogP contribution in [0.2, 0.25) is 5.15 Å². The minimum atomic E-state index is -2.58. The molecule has 0 unspecified atom stereocenters. The van der Waals surface area contributed by atoms with Gasteiger partial charge in [0.15, 0.2) is 11.0 Å². The van der Waals surface area contributed by atoms with Gasteiger partial charge in [-0.25, -0.2) is 13.8 Å². The van der Waals surface area contributed by atoms with Gasteiger partial charge in [-0.15, -0.1) is 11.3 Å². The van der Waals surface area contributed by atoms with E-state index < -0.39 is 18.0 Å². The molecule has 4 heterocycles. The number of nitrogens with one attached hydrogen (secondary N) is 3. The summed E-state index contributed by atoms with van der Waals surface area (Å²) >= 11 is 8.01. The van der Waals surface area contributed by atoms with E-state index in [1.165, 1.54) is 33.2 Å². The molecule has 34 heavy (non-hydrogen) atoms. The van der Waals surface area contributed by atoms with Crippen LogP contribution < -0.4 is 21.5 Å². The van der Waals surface area contributed by atoms with Crippen LogP contribution in [0.1, 0.15) is 51.0 Å². The maximum Gasteiger partial charge on any atom is 0.294 e. The van der Waals surface area contributed by atoms with Crippen LogP contribution in [0.4, 0.5) is 14.6 Å². The number of fused-ring (bicyclic) bond motifs is 2. The molecule has 0 radical (unpaired) electrons. The van der Waals surface area contributed by atoms with Gasteiger partial charge in [0.1, 0.15) is 6.04 Å². The molecule has 11 heteroatoms. The number of hydrogen-bond acceptors (Lipinski definition) is 6. The Kier molecular flexibility index (Phi) is 6.37. The van der Waals surface area contributed by atoms with E-state index in [2.05, 4.69) is 27.0 Å². The van der Waals surface area contributed by atoms with Gasteiger partial charge in [0.05, 0.1) is 12.2 Å². The fraction of sp³-hybridized carbons (Fsp3) is 0.348. The van der Waals surface area contributed by atoms with Gasteiger partial charge in [-0.3, -0.25) is 14.2 Å². The number of anilines is 1. The summed E-state index contributed by atoms with van der Waals surface area (Å²) in [5, 5.41) is 9.28. The van der Waals surface area contributed by atoms with E-state index in [1.807, 2.05) is 0 Å². The van der Waals surface area contributed by atoms with Gasteiger partial charge < -0.3 is 16.0 Å². The van der Waals surface area contributed by atoms with Crippen LogP contribution in [0.3, 0.4) is 0 Å². The van der Waals surface area contributed by atoms with Crippen LogP contribution in [-0.4, -0.2) is 15.5 Å². The highest BCUT2D eigenvalue weighted by Crippen LogP contribution is 2.30. The lowest BCUT2D eigenvalue weighted by Gasteiger charge is -2.16. The molecule has 7 nitrogen and oxygen atoms in total. The summed E-state index contributed by atoms with van der Waals surface area (Å²) in [7, 11) is 0. The number of halogens is 3. The van der Waals surface area contributed by atoms with Crippen LogP contribution in [0.15, 0.2) is 35.1 Å². The second kappa shape index (κ2) is 9.44. The van der Waals surface area contributed by atoms with Crippen molar-refractivity contribution in [3.63, 3.8) is 0 Å². The lowest BCUT2D eigenvalue weighted by Crippen LogP contribution is -2.36. The molecule has 3 N–H and O–H groups in total. The third-order valence-corrected chi connectivity index (χ3v) is 7.56. The number of benzene rings is 1. The lowest BCUT2D eigenvalue weighted by molar-refractivity contribution is -0.124. The lowest BCUT2D eigenvalue weighted by atomic mass is 10.1. The van der Waals surface area contributed by atoms with Crippen molar-refractivity contribution >= 4 is 34.7 Å². The van der Waals surface area contributed by atoms with Crippen molar-refractivity contribution in [2.24, 2.45) is 0 Å². The molecule has 0 bridgehead atoms. The van der Waals surface area contributed by atoms with E-state index in [4.69, 9.17) is 11.6 Å². The van der Waals surface area contributed by atoms with Gasteiger partial charge in [0.25, 0.3) is 12.0 Å². The first-order valence-corrected chi connectivity index (χ1v) is 12.1. The van der Waals surface area contributed by atoms with Gasteiger partial charge in [-0.2, -0.15) is 0 Å². The predicted molar refractivity (Wildman–Crippen MR) is 126 cm³/mol. The molecule has 0 saturated heterocycles. The average molecular weight is 506 g/mol. The first-order chi connectivity index (χ1) is 16.4. The van der Waals surface area contributed by atoms with Gasteiger partial charge >= 0.3 is 0 Å². The summed E-state index contributed by atoms with van der Waals surface area (Å²) in [6.07, 6.45) is -1.66. The molecule has 1 amide bonds. The van der Waals surface area contributed by atoms with E-state index in [0.717, 1.165) is 18.0 Å². The number of hydrogen-bond donors (Lipinski definition) is 3. The smallest absolute Gasteiger partial charge is 0.294 e. The predicted octanol–water partition coefficient (Wildman–Crippen LogP) is 3.91. The highest BCUT2D eigenvalue weighted by molar-refractivity contribution is 7.12. The molecule has 178 valence electrons. The number of amides is 1. The number of thiophene rings is 1. The van der Waals surface area contributed by atoms with Gasteiger partial charge in [-0.1, -0.05) is 29.8 Å². The second-order valence-electron chi connectivity index (χ2n) is 8.31. The summed E-state index contributed by atoms with van der Waals surface area (Å²) in [6.45, 7) is 2.22. The minimum absolute atomic E-state index is 0.0157. The van der Waals surface area contributed by atoms with Crippen LogP contribution >= 0.6 is 22.9 Å². The quantitative estimate of drug-likeness (QED) is 0.453. The van der Waals surface area contributed by atoms with Gasteiger partial charge in [0, 0.05) is 35.0 Å². The van der Waals surface area contributed by atoms with E-state index in [-0.39, 0.29) is 29.0 Å². The zero-order valence-electron chi connectivity index (χ0n) is 18.0. The Morgan fingerprint density at radius 3 is 2.94 bits per heavy atom. The van der Waals surface area contributed by atoms with Gasteiger partial charge in [-0.05, 0) is 36.1 Å². The molecule has 1 aromatic carbocycles. The molecule has 1 atom stereocenters. The largest absolute Gasteiger partial charge is 0.361 e. The Hall–Kier alpha value is -2.82. The number of carbonyl (C=O) groups is 1. The Morgan fingerprint density at radius 1 is 1.29 bits per heavy atom. The Bertz CT molecular complexity index is 1290. The first-order valence-electron chi connectivity index (χ1n) is 10.9. The SMILES string of the molecule is O=C(NCc1cc2c(s1)CNC2)[C@@H]1CCc2c(Cl)nc(NCc3cccc(C(F)F)c3)c(=O)n21. The fourth-order valence-electron chi connectivity index (χ4n) is 4.41. The zero-order chi connectivity index (χ0) is 23.8. The molecule has 5 rings (SSSR count). The topological polar surface area (TPSA) is 88.1 Å². The minimum Gasteiger partial charge on any atom is -0.361 e. The number of carbonyl (C=O) groups excluding carboxylic acids is 1. The first kappa shape index (κ1) is 22.9. The molecule has 2 aliphatic heterocycles. The zero-order valence-corrected chi connectivity index (χ0v) is 19.6. The van der Waals surface area contributed by atoms with Crippen LogP contribution in [-0.2, 0) is 37.4 Å². The summed E-state index contributed by atoms with van der Waals surface area (Å²) in [5.74, 6) is -0.261. The van der Waals surface area contributed by atoms with E-state index in [9.17, 15) is 18.4 Å². The molecular formula is C23H22ClF2N5O2S. The third kappa shape index (κ3) is 4.45. The van der Waals surface area contributed by atoms with Crippen LogP contribution in [0.5, 0.6) is 0 Å². The highest BCUT2D eigenvalue weighted by atomic mass is 35.5. The number of alkyl halides is 2. The summed E-state index contributed by atoms with van der Waals surface area (Å²) < 4.78 is 27.3. The molecule has 0 saturated carbocycles. The van der Waals surface area contributed by atoms with Crippen LogP contribution in [0, 0.1) is 0 Å². The molecule has 3 aromatic rings. The second-order valence-corrected chi connectivity index (χ2v) is 9.89. The van der Waals surface area contributed by atoms with Crippen LogP contribution in [0.25, 0.3) is 0 Å². The molecule has 2 aliphatic rings. The van der Waals surface area contributed by atoms with Crippen molar-refractivity contribution in [2.75, 3.05) is 5.32 Å². The molecular weight excluding hydrogens is 484 g/mol. The van der Waals surface area contributed by atoms with Crippen molar-refractivity contribution in [2.45, 2.75) is 51.5 Å².